The van der Waals surface area contributed by atoms with Crippen LogP contribution in [-0.4, -0.2) is 16.2 Å². The number of hydrogen-bond donors (Lipinski definition) is 2. The molecule has 5 nitrogen and oxygen atoms in total. The molecule has 0 fully saturated rings. The van der Waals surface area contributed by atoms with E-state index in [1.54, 1.807) is 0 Å². The first-order chi connectivity index (χ1) is 7.50. The molecule has 82 valence electrons. The Labute approximate surface area is 89.6 Å². The lowest BCUT2D eigenvalue weighted by molar-refractivity contribution is 0.0691. The normalized spacial score (nSPS) is 10.6. The lowest BCUT2D eigenvalue weighted by Gasteiger charge is -2.04. The zero-order valence-electron chi connectivity index (χ0n) is 8.35. The highest BCUT2D eigenvalue weighted by atomic mass is 16.4. The van der Waals surface area contributed by atoms with Gasteiger partial charge in [-0.05, 0) is 30.7 Å². The molecule has 16 heavy (non-hydrogen) atoms. The summed E-state index contributed by atoms with van der Waals surface area (Å²) in [5.41, 5.74) is -0.749. The zero-order valence-corrected chi connectivity index (χ0v) is 8.35. The molecule has 0 spiro atoms. The zero-order chi connectivity index (χ0) is 11.9. The topological polar surface area (TPSA) is 87.7 Å². The lowest BCUT2D eigenvalue weighted by Crippen LogP contribution is -2.15. The minimum atomic E-state index is -1.34. The lowest BCUT2D eigenvalue weighted by atomic mass is 10.1. The predicted molar refractivity (Wildman–Crippen MR) is 55.8 cm³/mol. The monoisotopic (exact) mass is 220 g/mol. The van der Waals surface area contributed by atoms with E-state index in [1.807, 2.05) is 0 Å². The number of aromatic carboxylic acids is 1. The molecule has 0 atom stereocenters. The number of hydrogen-bond acceptors (Lipinski definition) is 4. The average molecular weight is 220 g/mol. The van der Waals surface area contributed by atoms with Crippen LogP contribution in [0.3, 0.4) is 0 Å². The van der Waals surface area contributed by atoms with Crippen molar-refractivity contribution in [3.8, 4) is 5.75 Å². The van der Waals surface area contributed by atoms with Crippen molar-refractivity contribution in [2.75, 3.05) is 0 Å². The molecule has 2 N–H and O–H groups in total. The van der Waals surface area contributed by atoms with Gasteiger partial charge in [-0.3, -0.25) is 0 Å². The van der Waals surface area contributed by atoms with Gasteiger partial charge < -0.3 is 14.6 Å². The summed E-state index contributed by atoms with van der Waals surface area (Å²) in [5, 5.41) is 18.6. The fraction of sp³-hybridized carbons (Fsp3) is 0.0909. The van der Waals surface area contributed by atoms with E-state index >= 15 is 0 Å². The van der Waals surface area contributed by atoms with Crippen molar-refractivity contribution in [2.24, 2.45) is 0 Å². The van der Waals surface area contributed by atoms with Crippen LogP contribution in [0.5, 0.6) is 5.75 Å². The van der Waals surface area contributed by atoms with E-state index in [9.17, 15) is 14.7 Å². The Morgan fingerprint density at radius 3 is 2.69 bits per heavy atom. The van der Waals surface area contributed by atoms with Gasteiger partial charge in [0.05, 0.1) is 0 Å². The molecule has 2 aromatic rings. The highest BCUT2D eigenvalue weighted by molar-refractivity contribution is 5.95. The van der Waals surface area contributed by atoms with Crippen LogP contribution in [0.25, 0.3) is 11.0 Å². The largest absolute Gasteiger partial charge is 0.508 e. The van der Waals surface area contributed by atoms with E-state index in [2.05, 4.69) is 0 Å². The third-order valence-electron chi connectivity index (χ3n) is 2.36. The number of phenols is 1. The highest BCUT2D eigenvalue weighted by Gasteiger charge is 2.17. The summed E-state index contributed by atoms with van der Waals surface area (Å²) >= 11 is 0. The molecule has 1 heterocycles. The molecule has 5 heteroatoms. The van der Waals surface area contributed by atoms with E-state index in [1.165, 1.54) is 25.1 Å². The third-order valence-corrected chi connectivity index (χ3v) is 2.36. The molecule has 0 amide bonds. The minimum absolute atomic E-state index is 0.0132. The van der Waals surface area contributed by atoms with Crippen molar-refractivity contribution in [3.63, 3.8) is 0 Å². The van der Waals surface area contributed by atoms with Crippen molar-refractivity contribution in [3.05, 3.63) is 39.7 Å². The molecule has 0 aliphatic rings. The van der Waals surface area contributed by atoms with Gasteiger partial charge in [0.15, 0.2) is 0 Å². The first-order valence-electron chi connectivity index (χ1n) is 4.50. The van der Waals surface area contributed by atoms with Crippen LogP contribution in [0.4, 0.5) is 0 Å². The fourth-order valence-electron chi connectivity index (χ4n) is 1.59. The van der Waals surface area contributed by atoms with Crippen molar-refractivity contribution in [2.45, 2.75) is 6.92 Å². The van der Waals surface area contributed by atoms with Gasteiger partial charge in [-0.2, -0.15) is 0 Å². The van der Waals surface area contributed by atoms with Crippen LogP contribution in [0.1, 0.15) is 15.9 Å². The van der Waals surface area contributed by atoms with Crippen LogP contribution in [0, 0.1) is 6.92 Å². The second-order valence-corrected chi connectivity index (χ2v) is 3.38. The third kappa shape index (κ3) is 1.42. The molecule has 1 aromatic heterocycles. The maximum absolute atomic E-state index is 11.4. The van der Waals surface area contributed by atoms with Crippen LogP contribution in [0.15, 0.2) is 27.4 Å². The SMILES string of the molecule is Cc1c(C(=O)O)c(=O)oc2ccc(O)cc12. The maximum atomic E-state index is 11.4. The molecular formula is C11H8O5. The first kappa shape index (κ1) is 10.2. The Hall–Kier alpha value is -2.30. The van der Waals surface area contributed by atoms with Gasteiger partial charge >= 0.3 is 11.6 Å². The molecule has 1 aromatic carbocycles. The second kappa shape index (κ2) is 3.37. The highest BCUT2D eigenvalue weighted by Crippen LogP contribution is 2.23. The number of carboxylic acids is 1. The fourth-order valence-corrected chi connectivity index (χ4v) is 1.59. The van der Waals surface area contributed by atoms with Crippen molar-refractivity contribution >= 4 is 16.9 Å². The average Bonchev–Trinajstić information content (AvgIpc) is 2.19. The van der Waals surface area contributed by atoms with E-state index in [4.69, 9.17) is 9.52 Å². The molecule has 0 aliphatic carbocycles. The van der Waals surface area contributed by atoms with E-state index in [0.717, 1.165) is 0 Å². The van der Waals surface area contributed by atoms with E-state index < -0.39 is 17.2 Å². The number of benzene rings is 1. The van der Waals surface area contributed by atoms with Gasteiger partial charge in [-0.25, -0.2) is 9.59 Å². The van der Waals surface area contributed by atoms with Crippen molar-refractivity contribution in [1.29, 1.82) is 0 Å². The van der Waals surface area contributed by atoms with Crippen LogP contribution >= 0.6 is 0 Å². The minimum Gasteiger partial charge on any atom is -0.508 e. The molecule has 0 saturated heterocycles. The molecule has 0 saturated carbocycles. The van der Waals surface area contributed by atoms with Crippen LogP contribution in [0.2, 0.25) is 0 Å². The Balaban J connectivity index is 2.96. The number of aryl methyl sites for hydroxylation is 1. The Morgan fingerprint density at radius 2 is 2.06 bits per heavy atom. The number of rotatable bonds is 1. The maximum Gasteiger partial charge on any atom is 0.351 e. The van der Waals surface area contributed by atoms with E-state index in [-0.39, 0.29) is 16.9 Å². The van der Waals surface area contributed by atoms with Gasteiger partial charge in [-0.1, -0.05) is 0 Å². The summed E-state index contributed by atoms with van der Waals surface area (Å²) in [7, 11) is 0. The molecule has 0 bridgehead atoms. The summed E-state index contributed by atoms with van der Waals surface area (Å²) in [6.45, 7) is 1.50. The van der Waals surface area contributed by atoms with Gasteiger partial charge in [-0.15, -0.1) is 0 Å². The molecule has 0 radical (unpaired) electrons. The Kier molecular flexibility index (Phi) is 2.16. The van der Waals surface area contributed by atoms with Crippen molar-refractivity contribution < 1.29 is 19.4 Å². The van der Waals surface area contributed by atoms with Crippen LogP contribution < -0.4 is 5.63 Å². The van der Waals surface area contributed by atoms with Crippen LogP contribution in [-0.2, 0) is 0 Å². The summed E-state index contributed by atoms with van der Waals surface area (Å²) < 4.78 is 4.84. The number of fused-ring (bicyclic) bond motifs is 1. The summed E-state index contributed by atoms with van der Waals surface area (Å²) in [4.78, 5) is 22.2. The molecule has 0 aliphatic heterocycles. The number of phenolic OH excluding ortho intramolecular Hbond substituents is 1. The smallest absolute Gasteiger partial charge is 0.351 e. The quantitative estimate of drug-likeness (QED) is 0.711. The summed E-state index contributed by atoms with van der Waals surface area (Å²) in [5.74, 6) is -1.35. The molecular weight excluding hydrogens is 212 g/mol. The van der Waals surface area contributed by atoms with Gasteiger partial charge in [0.1, 0.15) is 16.9 Å². The van der Waals surface area contributed by atoms with Gasteiger partial charge in [0, 0.05) is 5.39 Å². The second-order valence-electron chi connectivity index (χ2n) is 3.38. The standard InChI is InChI=1S/C11H8O5/c1-5-7-4-6(12)2-3-8(7)16-11(15)9(5)10(13)14/h2-4,12H,1H3,(H,13,14). The number of aromatic hydroxyl groups is 1. The number of carboxylic acid groups (broad SMARTS) is 1. The summed E-state index contributed by atoms with van der Waals surface area (Å²) in [6, 6.07) is 4.15. The van der Waals surface area contributed by atoms with E-state index in [0.29, 0.717) is 5.39 Å². The summed E-state index contributed by atoms with van der Waals surface area (Å²) in [6.07, 6.45) is 0. The number of carbonyl (C=O) groups is 1. The molecule has 0 unspecified atom stereocenters. The predicted octanol–water partition coefficient (Wildman–Crippen LogP) is 1.51. The van der Waals surface area contributed by atoms with Gasteiger partial charge in [0.25, 0.3) is 0 Å². The van der Waals surface area contributed by atoms with Crippen molar-refractivity contribution in [1.82, 2.24) is 0 Å². The Bertz CT molecular complexity index is 639. The van der Waals surface area contributed by atoms with Gasteiger partial charge in [0.2, 0.25) is 0 Å². The Morgan fingerprint density at radius 1 is 1.38 bits per heavy atom. The molecule has 2 rings (SSSR count). The first-order valence-corrected chi connectivity index (χ1v) is 4.50.